The molecule has 0 saturated heterocycles. The molecule has 25 heavy (non-hydrogen) atoms. The maximum Gasteiger partial charge on any atom is 0.413 e. The summed E-state index contributed by atoms with van der Waals surface area (Å²) in [6, 6.07) is 12.1. The van der Waals surface area contributed by atoms with E-state index >= 15 is 0 Å². The number of carbonyl (C=O) groups excluding carboxylic acids is 2. The highest BCUT2D eigenvalue weighted by atomic mass is 32.2. The number of fused-ring (bicyclic) bond motifs is 1. The number of hydrogen-bond acceptors (Lipinski definition) is 7. The maximum absolute atomic E-state index is 11.8. The Balaban J connectivity index is 1.75. The SMILES string of the molecule is CCOC(=O)NC(=O)CSc1ncnc2sc(-c3ccccc3)cc12. The molecule has 0 aliphatic heterocycles. The number of alkyl carbamates (subject to hydrolysis) is 1. The molecule has 1 N–H and O–H groups in total. The van der Waals surface area contributed by atoms with Crippen LogP contribution in [0.2, 0.25) is 0 Å². The van der Waals surface area contributed by atoms with Gasteiger partial charge < -0.3 is 4.74 Å². The van der Waals surface area contributed by atoms with Crippen LogP contribution in [-0.4, -0.2) is 34.3 Å². The number of hydrogen-bond donors (Lipinski definition) is 1. The molecule has 2 heterocycles. The van der Waals surface area contributed by atoms with Crippen LogP contribution in [0.15, 0.2) is 47.8 Å². The maximum atomic E-state index is 11.8. The van der Waals surface area contributed by atoms with E-state index in [-0.39, 0.29) is 12.4 Å². The fourth-order valence-corrected chi connectivity index (χ4v) is 3.99. The number of thioether (sulfide) groups is 1. The molecule has 128 valence electrons. The Morgan fingerprint density at radius 1 is 1.24 bits per heavy atom. The third-order valence-electron chi connectivity index (χ3n) is 3.21. The van der Waals surface area contributed by atoms with E-state index in [1.807, 2.05) is 36.4 Å². The summed E-state index contributed by atoms with van der Waals surface area (Å²) in [6.07, 6.45) is 0.752. The molecular formula is C17H15N3O3S2. The fraction of sp³-hybridized carbons (Fsp3) is 0.176. The highest BCUT2D eigenvalue weighted by Crippen LogP contribution is 2.35. The lowest BCUT2D eigenvalue weighted by molar-refractivity contribution is -0.117. The first-order valence-electron chi connectivity index (χ1n) is 7.56. The molecule has 0 spiro atoms. The van der Waals surface area contributed by atoms with Gasteiger partial charge in [0.1, 0.15) is 16.2 Å². The number of amides is 2. The number of rotatable bonds is 5. The lowest BCUT2D eigenvalue weighted by Gasteiger charge is -2.04. The molecule has 2 amide bonds. The number of carbonyl (C=O) groups is 2. The highest BCUT2D eigenvalue weighted by molar-refractivity contribution is 8.00. The van der Waals surface area contributed by atoms with Crippen molar-refractivity contribution in [1.82, 2.24) is 15.3 Å². The van der Waals surface area contributed by atoms with Gasteiger partial charge in [-0.3, -0.25) is 10.1 Å². The lowest BCUT2D eigenvalue weighted by Crippen LogP contribution is -2.32. The number of aromatic nitrogens is 2. The summed E-state index contributed by atoms with van der Waals surface area (Å²) < 4.78 is 4.68. The van der Waals surface area contributed by atoms with Crippen molar-refractivity contribution >= 4 is 45.3 Å². The fourth-order valence-electron chi connectivity index (χ4n) is 2.14. The van der Waals surface area contributed by atoms with Gasteiger partial charge in [-0.25, -0.2) is 14.8 Å². The third kappa shape index (κ3) is 4.34. The summed E-state index contributed by atoms with van der Waals surface area (Å²) >= 11 is 2.84. The van der Waals surface area contributed by atoms with Gasteiger partial charge in [0, 0.05) is 10.3 Å². The van der Waals surface area contributed by atoms with Crippen LogP contribution in [0.5, 0.6) is 0 Å². The molecule has 0 aliphatic carbocycles. The van der Waals surface area contributed by atoms with Crippen LogP contribution in [0.4, 0.5) is 4.79 Å². The van der Waals surface area contributed by atoms with E-state index in [9.17, 15) is 9.59 Å². The molecule has 0 saturated carbocycles. The number of benzene rings is 1. The summed E-state index contributed by atoms with van der Waals surface area (Å²) in [6.45, 7) is 1.90. The number of nitrogens with one attached hydrogen (secondary N) is 1. The number of nitrogens with zero attached hydrogens (tertiary/aromatic N) is 2. The summed E-state index contributed by atoms with van der Waals surface area (Å²) in [4.78, 5) is 33.6. The minimum atomic E-state index is -0.733. The predicted octanol–water partition coefficient (Wildman–Crippen LogP) is 3.72. The second-order valence-corrected chi connectivity index (χ2v) is 6.93. The van der Waals surface area contributed by atoms with Gasteiger partial charge in [0.2, 0.25) is 5.91 Å². The van der Waals surface area contributed by atoms with Crippen molar-refractivity contribution in [3.05, 3.63) is 42.7 Å². The number of thiophene rings is 1. The zero-order valence-corrected chi connectivity index (χ0v) is 15.0. The van der Waals surface area contributed by atoms with E-state index in [0.717, 1.165) is 20.7 Å². The zero-order valence-electron chi connectivity index (χ0n) is 13.4. The van der Waals surface area contributed by atoms with Gasteiger partial charge in [-0.15, -0.1) is 11.3 Å². The van der Waals surface area contributed by atoms with Crippen LogP contribution < -0.4 is 5.32 Å². The number of ether oxygens (including phenoxy) is 1. The van der Waals surface area contributed by atoms with Crippen molar-refractivity contribution in [2.75, 3.05) is 12.4 Å². The number of imide groups is 1. The van der Waals surface area contributed by atoms with Crippen molar-refractivity contribution in [2.24, 2.45) is 0 Å². The second kappa shape index (κ2) is 8.09. The predicted molar refractivity (Wildman–Crippen MR) is 98.7 cm³/mol. The molecule has 0 aliphatic rings. The van der Waals surface area contributed by atoms with Crippen LogP contribution >= 0.6 is 23.1 Å². The van der Waals surface area contributed by atoms with Crippen LogP contribution in [0, 0.1) is 0 Å². The molecule has 0 radical (unpaired) electrons. The first-order chi connectivity index (χ1) is 12.2. The van der Waals surface area contributed by atoms with E-state index in [2.05, 4.69) is 20.0 Å². The first-order valence-corrected chi connectivity index (χ1v) is 9.37. The van der Waals surface area contributed by atoms with E-state index in [1.54, 1.807) is 18.3 Å². The van der Waals surface area contributed by atoms with Gasteiger partial charge in [0.25, 0.3) is 0 Å². The van der Waals surface area contributed by atoms with Gasteiger partial charge in [-0.1, -0.05) is 42.1 Å². The average molecular weight is 373 g/mol. The second-order valence-electron chi connectivity index (χ2n) is 4.93. The van der Waals surface area contributed by atoms with Crippen LogP contribution in [0.3, 0.4) is 0 Å². The average Bonchev–Trinajstić information content (AvgIpc) is 3.05. The smallest absolute Gasteiger partial charge is 0.413 e. The minimum absolute atomic E-state index is 0.0709. The van der Waals surface area contributed by atoms with E-state index in [4.69, 9.17) is 0 Å². The summed E-state index contributed by atoms with van der Waals surface area (Å²) in [5.41, 5.74) is 1.11. The van der Waals surface area contributed by atoms with Gasteiger partial charge in [0.05, 0.1) is 12.4 Å². The van der Waals surface area contributed by atoms with E-state index in [0.29, 0.717) is 5.03 Å². The molecule has 6 nitrogen and oxygen atoms in total. The highest BCUT2D eigenvalue weighted by Gasteiger charge is 2.13. The van der Waals surface area contributed by atoms with Gasteiger partial charge >= 0.3 is 6.09 Å². The molecular weight excluding hydrogens is 358 g/mol. The molecule has 0 bridgehead atoms. The van der Waals surface area contributed by atoms with Gasteiger partial charge in [-0.2, -0.15) is 0 Å². The molecule has 0 atom stereocenters. The normalized spacial score (nSPS) is 10.6. The Bertz CT molecular complexity index is 897. The van der Waals surface area contributed by atoms with Crippen molar-refractivity contribution in [3.8, 4) is 10.4 Å². The quantitative estimate of drug-likeness (QED) is 0.542. The lowest BCUT2D eigenvalue weighted by atomic mass is 10.2. The zero-order chi connectivity index (χ0) is 17.6. The summed E-state index contributed by atoms with van der Waals surface area (Å²) in [7, 11) is 0. The third-order valence-corrected chi connectivity index (χ3v) is 5.31. The molecule has 8 heteroatoms. The molecule has 2 aromatic heterocycles. The molecule has 0 unspecified atom stereocenters. The van der Waals surface area contributed by atoms with Gasteiger partial charge in [-0.05, 0) is 18.6 Å². The Hall–Kier alpha value is -2.45. The standard InChI is InChI=1S/C17H15N3O3S2/c1-2-23-17(22)20-14(21)9-24-15-12-8-13(11-6-4-3-5-7-11)25-16(12)19-10-18-15/h3-8,10H,2,9H2,1H3,(H,20,21,22). The van der Waals surface area contributed by atoms with Crippen LogP contribution in [-0.2, 0) is 9.53 Å². The van der Waals surface area contributed by atoms with E-state index in [1.165, 1.54) is 18.1 Å². The van der Waals surface area contributed by atoms with Crippen molar-refractivity contribution < 1.29 is 14.3 Å². The molecule has 0 fully saturated rings. The molecule has 3 rings (SSSR count). The largest absolute Gasteiger partial charge is 0.450 e. The Morgan fingerprint density at radius 3 is 2.80 bits per heavy atom. The van der Waals surface area contributed by atoms with E-state index < -0.39 is 12.0 Å². The molecule has 1 aromatic carbocycles. The Morgan fingerprint density at radius 2 is 2.04 bits per heavy atom. The first kappa shape index (κ1) is 17.4. The van der Waals surface area contributed by atoms with Crippen molar-refractivity contribution in [3.63, 3.8) is 0 Å². The summed E-state index contributed by atoms with van der Waals surface area (Å²) in [5.74, 6) is -0.352. The Kier molecular flexibility index (Phi) is 5.62. The monoisotopic (exact) mass is 373 g/mol. The molecule has 3 aromatic rings. The Labute approximate surface area is 152 Å². The van der Waals surface area contributed by atoms with Crippen LogP contribution in [0.25, 0.3) is 20.7 Å². The topological polar surface area (TPSA) is 81.2 Å². The van der Waals surface area contributed by atoms with Gasteiger partial charge in [0.15, 0.2) is 0 Å². The van der Waals surface area contributed by atoms with Crippen LogP contribution in [0.1, 0.15) is 6.92 Å². The van der Waals surface area contributed by atoms with Crippen molar-refractivity contribution in [2.45, 2.75) is 11.9 Å². The minimum Gasteiger partial charge on any atom is -0.450 e. The summed E-state index contributed by atoms with van der Waals surface area (Å²) in [5, 5.41) is 3.78. The van der Waals surface area contributed by atoms with Crippen molar-refractivity contribution in [1.29, 1.82) is 0 Å².